The number of hydrogen-bond donors (Lipinski definition) is 2. The van der Waals surface area contributed by atoms with Gasteiger partial charge in [0.2, 0.25) is 0 Å². The third-order valence-corrected chi connectivity index (χ3v) is 3.67. The van der Waals surface area contributed by atoms with Gasteiger partial charge in [0.05, 0.1) is 20.8 Å². The first kappa shape index (κ1) is 18.6. The molecule has 1 aromatic carbocycles. The Morgan fingerprint density at radius 2 is 2.04 bits per heavy atom. The second-order valence-electron chi connectivity index (χ2n) is 5.41. The summed E-state index contributed by atoms with van der Waals surface area (Å²) in [6.07, 6.45) is 4.56. The second kappa shape index (κ2) is 10.2. The highest BCUT2D eigenvalue weighted by atomic mass is 16.5. The highest BCUT2D eigenvalue weighted by Crippen LogP contribution is 2.25. The average Bonchev–Trinajstić information content (AvgIpc) is 2.66. The molecule has 0 atom stereocenters. The Labute approximate surface area is 149 Å². The molecule has 0 saturated heterocycles. The number of ether oxygens (including phenoxy) is 2. The first-order chi connectivity index (χ1) is 12.3. The van der Waals surface area contributed by atoms with Gasteiger partial charge in [-0.2, -0.15) is 0 Å². The number of nitrogens with zero attached hydrogens (tertiary/aromatic N) is 2. The molecular weight excluding hydrogens is 316 g/mol. The first-order valence-corrected chi connectivity index (χ1v) is 8.38. The maximum atomic E-state index is 5.42. The Kier molecular flexibility index (Phi) is 7.56. The quantitative estimate of drug-likeness (QED) is 0.569. The zero-order valence-electron chi connectivity index (χ0n) is 15.1. The maximum Gasteiger partial charge on any atom is 0.191 e. The first-order valence-electron chi connectivity index (χ1n) is 8.38. The van der Waals surface area contributed by atoms with Crippen molar-refractivity contribution in [3.05, 3.63) is 53.9 Å². The van der Waals surface area contributed by atoms with Crippen LogP contribution in [0.3, 0.4) is 0 Å². The van der Waals surface area contributed by atoms with Crippen LogP contribution in [0.2, 0.25) is 0 Å². The Morgan fingerprint density at radius 3 is 2.72 bits per heavy atom. The summed E-state index contributed by atoms with van der Waals surface area (Å²) in [5, 5.41) is 6.60. The molecule has 0 spiro atoms. The van der Waals surface area contributed by atoms with E-state index in [9.17, 15) is 0 Å². The highest BCUT2D eigenvalue weighted by Gasteiger charge is 2.05. The van der Waals surface area contributed by atoms with Gasteiger partial charge in [-0.3, -0.25) is 4.98 Å². The molecule has 0 saturated carbocycles. The lowest BCUT2D eigenvalue weighted by molar-refractivity contribution is 0.391. The van der Waals surface area contributed by atoms with Crippen LogP contribution >= 0.6 is 0 Å². The summed E-state index contributed by atoms with van der Waals surface area (Å²) in [5.41, 5.74) is 2.20. The molecule has 1 aromatic heterocycles. The molecule has 2 aromatic rings. The summed E-state index contributed by atoms with van der Waals surface area (Å²) in [7, 11) is 3.29. The molecule has 0 amide bonds. The Hall–Kier alpha value is -2.76. The lowest BCUT2D eigenvalue weighted by atomic mass is 10.2. The number of nitrogens with one attached hydrogen (secondary N) is 2. The predicted molar refractivity (Wildman–Crippen MR) is 100 cm³/mol. The Balaban J connectivity index is 1.97. The molecule has 2 N–H and O–H groups in total. The summed E-state index contributed by atoms with van der Waals surface area (Å²) in [6.45, 7) is 4.16. The molecule has 25 heavy (non-hydrogen) atoms. The fourth-order valence-corrected chi connectivity index (χ4v) is 2.36. The van der Waals surface area contributed by atoms with Crippen molar-refractivity contribution in [3.8, 4) is 11.5 Å². The standard InChI is InChI=1S/C19H26N4O2/c1-4-21-19(22-11-9-15-6-5-10-20-13-15)23-14-16-7-8-17(24-2)12-18(16)25-3/h5-8,10,12-13H,4,9,11,14H2,1-3H3,(H2,21,22,23). The molecule has 0 aliphatic carbocycles. The molecule has 1 heterocycles. The van der Waals surface area contributed by atoms with Gasteiger partial charge in [-0.25, -0.2) is 4.99 Å². The maximum absolute atomic E-state index is 5.42. The van der Waals surface area contributed by atoms with E-state index in [4.69, 9.17) is 9.47 Å². The molecule has 0 aliphatic rings. The highest BCUT2D eigenvalue weighted by molar-refractivity contribution is 5.79. The number of guanidine groups is 1. The summed E-state index contributed by atoms with van der Waals surface area (Å²) in [5.74, 6) is 2.32. The van der Waals surface area contributed by atoms with Crippen molar-refractivity contribution >= 4 is 5.96 Å². The molecule has 0 unspecified atom stereocenters. The van der Waals surface area contributed by atoms with Crippen LogP contribution in [0.1, 0.15) is 18.1 Å². The van der Waals surface area contributed by atoms with Crippen molar-refractivity contribution < 1.29 is 9.47 Å². The Morgan fingerprint density at radius 1 is 1.16 bits per heavy atom. The van der Waals surface area contributed by atoms with Gasteiger partial charge in [0.25, 0.3) is 0 Å². The smallest absolute Gasteiger partial charge is 0.191 e. The van der Waals surface area contributed by atoms with E-state index in [1.807, 2.05) is 37.4 Å². The Bertz CT molecular complexity index is 674. The van der Waals surface area contributed by atoms with Crippen LogP contribution in [-0.2, 0) is 13.0 Å². The minimum absolute atomic E-state index is 0.523. The largest absolute Gasteiger partial charge is 0.497 e. The number of methoxy groups -OCH3 is 2. The van der Waals surface area contributed by atoms with Crippen molar-refractivity contribution in [2.75, 3.05) is 27.3 Å². The van der Waals surface area contributed by atoms with Crippen LogP contribution in [0.25, 0.3) is 0 Å². The molecule has 0 bridgehead atoms. The second-order valence-corrected chi connectivity index (χ2v) is 5.41. The van der Waals surface area contributed by atoms with Gasteiger partial charge < -0.3 is 20.1 Å². The zero-order valence-corrected chi connectivity index (χ0v) is 15.1. The minimum atomic E-state index is 0.523. The van der Waals surface area contributed by atoms with E-state index < -0.39 is 0 Å². The van der Waals surface area contributed by atoms with Gasteiger partial charge in [0.15, 0.2) is 5.96 Å². The molecule has 2 rings (SSSR count). The van der Waals surface area contributed by atoms with Crippen LogP contribution in [0, 0.1) is 0 Å². The zero-order chi connectivity index (χ0) is 17.9. The minimum Gasteiger partial charge on any atom is -0.497 e. The topological polar surface area (TPSA) is 67.8 Å². The number of hydrogen-bond acceptors (Lipinski definition) is 4. The number of pyridine rings is 1. The van der Waals surface area contributed by atoms with Crippen LogP contribution < -0.4 is 20.1 Å². The van der Waals surface area contributed by atoms with Crippen LogP contribution in [0.4, 0.5) is 0 Å². The molecule has 0 radical (unpaired) electrons. The van der Waals surface area contributed by atoms with E-state index in [1.54, 1.807) is 20.4 Å². The van der Waals surface area contributed by atoms with Gasteiger partial charge in [0, 0.05) is 37.1 Å². The van der Waals surface area contributed by atoms with Gasteiger partial charge >= 0.3 is 0 Å². The van der Waals surface area contributed by atoms with E-state index in [-0.39, 0.29) is 0 Å². The fraction of sp³-hybridized carbons (Fsp3) is 0.368. The average molecular weight is 342 g/mol. The van der Waals surface area contributed by atoms with Gasteiger partial charge in [-0.1, -0.05) is 6.07 Å². The van der Waals surface area contributed by atoms with Gasteiger partial charge in [-0.15, -0.1) is 0 Å². The van der Waals surface area contributed by atoms with Gasteiger partial charge in [-0.05, 0) is 37.1 Å². The van der Waals surface area contributed by atoms with E-state index >= 15 is 0 Å². The molecule has 6 nitrogen and oxygen atoms in total. The van der Waals surface area contributed by atoms with Gasteiger partial charge in [0.1, 0.15) is 11.5 Å². The lowest BCUT2D eigenvalue weighted by Crippen LogP contribution is -2.38. The normalized spacial score (nSPS) is 11.1. The summed E-state index contributed by atoms with van der Waals surface area (Å²) < 4.78 is 10.6. The number of aliphatic imine (C=N–C) groups is 1. The number of rotatable bonds is 8. The molecule has 134 valence electrons. The predicted octanol–water partition coefficient (Wildman–Crippen LogP) is 2.40. The van der Waals surface area contributed by atoms with Crippen molar-refractivity contribution in [2.24, 2.45) is 4.99 Å². The summed E-state index contributed by atoms with van der Waals surface area (Å²) >= 11 is 0. The van der Waals surface area contributed by atoms with Crippen LogP contribution in [0.15, 0.2) is 47.7 Å². The third kappa shape index (κ3) is 5.99. The molecule has 6 heteroatoms. The SMILES string of the molecule is CCNC(=NCc1ccc(OC)cc1OC)NCCc1cccnc1. The van der Waals surface area contributed by atoms with E-state index in [0.717, 1.165) is 42.5 Å². The monoisotopic (exact) mass is 342 g/mol. The molecular formula is C19H26N4O2. The van der Waals surface area contributed by atoms with Crippen molar-refractivity contribution in [1.82, 2.24) is 15.6 Å². The van der Waals surface area contributed by atoms with E-state index in [2.05, 4.69) is 26.7 Å². The van der Waals surface area contributed by atoms with Crippen LogP contribution in [0.5, 0.6) is 11.5 Å². The number of aromatic nitrogens is 1. The van der Waals surface area contributed by atoms with Crippen molar-refractivity contribution in [1.29, 1.82) is 0 Å². The fourth-order valence-electron chi connectivity index (χ4n) is 2.36. The van der Waals surface area contributed by atoms with Crippen LogP contribution in [-0.4, -0.2) is 38.3 Å². The lowest BCUT2D eigenvalue weighted by Gasteiger charge is -2.12. The van der Waals surface area contributed by atoms with E-state index in [1.165, 1.54) is 5.56 Å². The molecule has 0 fully saturated rings. The summed E-state index contributed by atoms with van der Waals surface area (Å²) in [4.78, 5) is 8.77. The van der Waals surface area contributed by atoms with E-state index in [0.29, 0.717) is 6.54 Å². The third-order valence-electron chi connectivity index (χ3n) is 3.67. The van der Waals surface area contributed by atoms with Crippen molar-refractivity contribution in [2.45, 2.75) is 19.9 Å². The van der Waals surface area contributed by atoms with Crippen molar-refractivity contribution in [3.63, 3.8) is 0 Å². The number of benzene rings is 1. The molecule has 0 aliphatic heterocycles. The summed E-state index contributed by atoms with van der Waals surface area (Å²) in [6, 6.07) is 9.77.